The quantitative estimate of drug-likeness (QED) is 0.305. The number of nitrogens with zero attached hydrogens (tertiary/aromatic N) is 3. The maximum Gasteiger partial charge on any atom is 0.260 e. The predicted octanol–water partition coefficient (Wildman–Crippen LogP) is 6.10. The molecule has 7 nitrogen and oxygen atoms in total. The van der Waals surface area contributed by atoms with E-state index in [9.17, 15) is 18.4 Å². The number of alkyl halides is 2. The second-order valence-corrected chi connectivity index (χ2v) is 8.67. The number of carbonyl (C=O) groups excluding carboxylic acids is 2. The van der Waals surface area contributed by atoms with Gasteiger partial charge >= 0.3 is 0 Å². The first-order chi connectivity index (χ1) is 17.1. The number of hydrogen-bond acceptors (Lipinski definition) is 6. The van der Waals surface area contributed by atoms with Crippen LogP contribution in [0.3, 0.4) is 0 Å². The van der Waals surface area contributed by atoms with Crippen LogP contribution >= 0.6 is 0 Å². The van der Waals surface area contributed by atoms with Crippen LogP contribution < -0.4 is 10.6 Å². The summed E-state index contributed by atoms with van der Waals surface area (Å²) in [4.78, 5) is 37.3. The molecule has 2 aromatic rings. The minimum atomic E-state index is -2.96. The number of rotatable bonds is 10. The fourth-order valence-corrected chi connectivity index (χ4v) is 3.64. The van der Waals surface area contributed by atoms with E-state index < -0.39 is 24.2 Å². The van der Waals surface area contributed by atoms with Crippen LogP contribution in [0, 0.1) is 5.92 Å². The minimum absolute atomic E-state index is 0.0854. The zero-order valence-electron chi connectivity index (χ0n) is 21.2. The van der Waals surface area contributed by atoms with Gasteiger partial charge in [0.2, 0.25) is 5.91 Å². The average Bonchev–Trinajstić information content (AvgIpc) is 3.53. The lowest BCUT2D eigenvalue weighted by molar-refractivity contribution is -0.119. The van der Waals surface area contributed by atoms with Crippen LogP contribution in [0.25, 0.3) is 11.3 Å². The third-order valence-electron chi connectivity index (χ3n) is 6.08. The van der Waals surface area contributed by atoms with Crippen molar-refractivity contribution in [1.29, 1.82) is 0 Å². The molecular weight excluding hydrogens is 464 g/mol. The van der Waals surface area contributed by atoms with Crippen molar-refractivity contribution in [1.82, 2.24) is 15.0 Å². The Morgan fingerprint density at radius 1 is 1.14 bits per heavy atom. The van der Waals surface area contributed by atoms with Gasteiger partial charge in [0.05, 0.1) is 5.69 Å². The third kappa shape index (κ3) is 6.27. The second-order valence-electron chi connectivity index (χ2n) is 8.67. The van der Waals surface area contributed by atoms with E-state index in [2.05, 4.69) is 25.6 Å². The van der Waals surface area contributed by atoms with Crippen LogP contribution in [0.4, 0.5) is 20.4 Å². The van der Waals surface area contributed by atoms with Crippen LogP contribution in [0.15, 0.2) is 65.3 Å². The molecule has 1 aliphatic carbocycles. The molecule has 2 aromatic heterocycles. The fourth-order valence-electron chi connectivity index (χ4n) is 3.64. The number of pyridine rings is 1. The smallest absolute Gasteiger partial charge is 0.260 e. The summed E-state index contributed by atoms with van der Waals surface area (Å²) in [6.07, 6.45) is 7.41. The standard InChI is InChI=1S/C27H31F2N5O2/c1-6-16(4)19(23(35)8-3)12-17(5)21(7-2)33-25-18(10-9-11-30-25)22-13-24(32-15-31-22)34-26(36)20-14-27(20,28)29/h7,9-13,15,20H,6,8,14H2,1-5H3,(H,30,33)(H,31,32,34,36)/b17-12-,19-16-,21-7+/t20-/m1/s1. The molecule has 0 radical (unpaired) electrons. The summed E-state index contributed by atoms with van der Waals surface area (Å²) < 4.78 is 26.5. The van der Waals surface area contributed by atoms with Gasteiger partial charge in [0, 0.05) is 41.9 Å². The molecular formula is C27H31F2N5O2. The zero-order chi connectivity index (χ0) is 26.5. The number of ketones is 1. The SMILES string of the molecule is C\C=C(Nc1ncccc1-c1cc(NC(=O)[C@H]2CC2(F)F)ncn1)/C(C)=C\C(C(=O)CC)=C(/C)CC. The van der Waals surface area contributed by atoms with Gasteiger partial charge in [-0.2, -0.15) is 0 Å². The number of allylic oxidation sites excluding steroid dienone is 5. The summed E-state index contributed by atoms with van der Waals surface area (Å²) in [7, 11) is 0. The van der Waals surface area contributed by atoms with E-state index >= 15 is 0 Å². The van der Waals surface area contributed by atoms with Gasteiger partial charge in [-0.3, -0.25) is 9.59 Å². The van der Waals surface area contributed by atoms with E-state index in [1.54, 1.807) is 18.3 Å². The molecule has 3 rings (SSSR count). The van der Waals surface area contributed by atoms with Crippen molar-refractivity contribution < 1.29 is 18.4 Å². The molecule has 190 valence electrons. The molecule has 9 heteroatoms. The van der Waals surface area contributed by atoms with E-state index in [1.807, 2.05) is 46.8 Å². The van der Waals surface area contributed by atoms with Crippen molar-refractivity contribution in [2.75, 3.05) is 10.6 Å². The molecule has 0 spiro atoms. The van der Waals surface area contributed by atoms with E-state index in [-0.39, 0.29) is 11.6 Å². The summed E-state index contributed by atoms with van der Waals surface area (Å²) in [5.74, 6) is -4.33. The molecule has 1 saturated carbocycles. The maximum absolute atomic E-state index is 13.2. The molecule has 0 saturated heterocycles. The highest BCUT2D eigenvalue weighted by Crippen LogP contribution is 2.49. The Kier molecular flexibility index (Phi) is 8.45. The lowest BCUT2D eigenvalue weighted by atomic mass is 9.98. The number of Topliss-reactive ketones (excluding diaryl/α,β-unsaturated/α-hetero) is 1. The Labute approximate surface area is 209 Å². The monoisotopic (exact) mass is 495 g/mol. The summed E-state index contributed by atoms with van der Waals surface area (Å²) in [5.41, 5.74) is 4.44. The van der Waals surface area contributed by atoms with Crippen LogP contribution in [0.1, 0.15) is 53.9 Å². The lowest BCUT2D eigenvalue weighted by Gasteiger charge is -2.15. The molecule has 0 aromatic carbocycles. The second kappa shape index (κ2) is 11.3. The largest absolute Gasteiger partial charge is 0.340 e. The first-order valence-electron chi connectivity index (χ1n) is 11.9. The molecule has 0 aliphatic heterocycles. The summed E-state index contributed by atoms with van der Waals surface area (Å²) in [5, 5.41) is 5.76. The average molecular weight is 496 g/mol. The third-order valence-corrected chi connectivity index (χ3v) is 6.08. The van der Waals surface area contributed by atoms with Crippen LogP contribution in [0.5, 0.6) is 0 Å². The van der Waals surface area contributed by atoms with Gasteiger partial charge in [-0.1, -0.05) is 25.5 Å². The Balaban J connectivity index is 1.88. The Bertz CT molecular complexity index is 1250. The van der Waals surface area contributed by atoms with Crippen molar-refractivity contribution in [2.24, 2.45) is 5.92 Å². The van der Waals surface area contributed by atoms with E-state index in [0.29, 0.717) is 29.1 Å². The number of anilines is 2. The number of halogens is 2. The zero-order valence-corrected chi connectivity index (χ0v) is 21.2. The van der Waals surface area contributed by atoms with Crippen molar-refractivity contribution in [2.45, 2.75) is 59.8 Å². The van der Waals surface area contributed by atoms with E-state index in [1.165, 1.54) is 12.4 Å². The van der Waals surface area contributed by atoms with Gasteiger partial charge in [-0.15, -0.1) is 0 Å². The minimum Gasteiger partial charge on any atom is -0.340 e. The lowest BCUT2D eigenvalue weighted by Crippen LogP contribution is -2.18. The molecule has 1 atom stereocenters. The maximum atomic E-state index is 13.2. The molecule has 36 heavy (non-hydrogen) atoms. The highest BCUT2D eigenvalue weighted by atomic mass is 19.3. The number of hydrogen-bond donors (Lipinski definition) is 2. The van der Waals surface area contributed by atoms with Crippen molar-refractivity contribution in [3.05, 3.63) is 65.3 Å². The molecule has 1 amide bonds. The summed E-state index contributed by atoms with van der Waals surface area (Å²) >= 11 is 0. The predicted molar refractivity (Wildman–Crippen MR) is 136 cm³/mol. The van der Waals surface area contributed by atoms with Gasteiger partial charge in [-0.05, 0) is 51.0 Å². The van der Waals surface area contributed by atoms with E-state index in [0.717, 1.165) is 23.3 Å². The summed E-state index contributed by atoms with van der Waals surface area (Å²) in [6.45, 7) is 9.62. The van der Waals surface area contributed by atoms with E-state index in [4.69, 9.17) is 0 Å². The molecule has 1 fully saturated rings. The normalized spacial score (nSPS) is 17.8. The van der Waals surface area contributed by atoms with Crippen LogP contribution in [-0.4, -0.2) is 32.6 Å². The molecule has 2 heterocycles. The number of nitrogens with one attached hydrogen (secondary N) is 2. The van der Waals surface area contributed by atoms with Gasteiger partial charge < -0.3 is 10.6 Å². The number of carbonyl (C=O) groups is 2. The first kappa shape index (κ1) is 26.8. The van der Waals surface area contributed by atoms with Crippen molar-refractivity contribution in [3.63, 3.8) is 0 Å². The molecule has 0 bridgehead atoms. The molecule has 1 aliphatic rings. The van der Waals surface area contributed by atoms with Gasteiger partial charge in [0.1, 0.15) is 23.9 Å². The van der Waals surface area contributed by atoms with Gasteiger partial charge in [0.25, 0.3) is 5.92 Å². The highest BCUT2D eigenvalue weighted by Gasteiger charge is 2.61. The molecule has 2 N–H and O–H groups in total. The summed E-state index contributed by atoms with van der Waals surface area (Å²) in [6, 6.07) is 5.07. The Hall–Kier alpha value is -3.75. The number of amides is 1. The van der Waals surface area contributed by atoms with Gasteiger partial charge in [0.15, 0.2) is 5.78 Å². The van der Waals surface area contributed by atoms with Crippen LogP contribution in [-0.2, 0) is 9.59 Å². The topological polar surface area (TPSA) is 96.9 Å². The number of aromatic nitrogens is 3. The first-order valence-corrected chi connectivity index (χ1v) is 11.9. The van der Waals surface area contributed by atoms with Crippen molar-refractivity contribution in [3.8, 4) is 11.3 Å². The van der Waals surface area contributed by atoms with Crippen molar-refractivity contribution >= 4 is 23.3 Å². The fraction of sp³-hybridized carbons (Fsp3) is 0.370. The Morgan fingerprint density at radius 3 is 2.47 bits per heavy atom. The Morgan fingerprint density at radius 2 is 1.86 bits per heavy atom. The van der Waals surface area contributed by atoms with Crippen LogP contribution in [0.2, 0.25) is 0 Å². The molecule has 0 unspecified atom stereocenters. The highest BCUT2D eigenvalue weighted by molar-refractivity contribution is 5.99. The van der Waals surface area contributed by atoms with Gasteiger partial charge in [-0.25, -0.2) is 23.7 Å².